The molecule has 0 N–H and O–H groups in total. The molecular weight excluding hydrogens is 589 g/mol. The summed E-state index contributed by atoms with van der Waals surface area (Å²) in [6, 6.07) is 43.5. The molecule has 0 fully saturated rings. The molecule has 0 aliphatic rings. The van der Waals surface area contributed by atoms with Crippen molar-refractivity contribution in [2.24, 2.45) is 0 Å². The van der Waals surface area contributed by atoms with Crippen molar-refractivity contribution in [2.75, 3.05) is 0 Å². The summed E-state index contributed by atoms with van der Waals surface area (Å²) < 4.78 is 45.7. The van der Waals surface area contributed by atoms with Gasteiger partial charge < -0.3 is 0 Å². The van der Waals surface area contributed by atoms with Crippen LogP contribution in [0.25, 0.3) is 78.7 Å². The van der Waals surface area contributed by atoms with E-state index >= 15 is 0 Å². The van der Waals surface area contributed by atoms with Gasteiger partial charge in [0.1, 0.15) is 17.2 Å². The fraction of sp³-hybridized carbons (Fsp3) is 0. The van der Waals surface area contributed by atoms with Crippen LogP contribution in [0.4, 0.5) is 0 Å². The van der Waals surface area contributed by atoms with Gasteiger partial charge in [0.15, 0.2) is 11.6 Å². The minimum atomic E-state index is -0.417. The molecule has 0 radical (unpaired) electrons. The first-order chi connectivity index (χ1) is 25.9. The quantitative estimate of drug-likeness (QED) is 0.185. The van der Waals surface area contributed by atoms with E-state index in [1.807, 2.05) is 138 Å². The molecule has 0 atom stereocenters. The summed E-state index contributed by atoms with van der Waals surface area (Å²) in [5, 5.41) is 11.2. The summed E-state index contributed by atoms with van der Waals surface area (Å²) >= 11 is 0. The Morgan fingerprint density at radius 2 is 1.08 bits per heavy atom. The number of hydrogen-bond donors (Lipinski definition) is 0. The van der Waals surface area contributed by atoms with E-state index in [1.165, 1.54) is 0 Å². The Morgan fingerprint density at radius 1 is 0.438 bits per heavy atom. The highest BCUT2D eigenvalue weighted by atomic mass is 15.3. The molecule has 226 valence electrons. The molecule has 9 aromatic rings. The number of benzene rings is 5. The third kappa shape index (κ3) is 4.75. The van der Waals surface area contributed by atoms with Gasteiger partial charge in [-0.2, -0.15) is 0 Å². The Kier molecular flexibility index (Phi) is 5.51. The Bertz CT molecular complexity index is 2820. The molecule has 0 saturated heterocycles. The van der Waals surface area contributed by atoms with Crippen molar-refractivity contribution in [1.29, 1.82) is 0 Å². The lowest BCUT2D eigenvalue weighted by Gasteiger charge is -2.12. The first kappa shape index (κ1) is 22.8. The lowest BCUT2D eigenvalue weighted by atomic mass is 10.0. The van der Waals surface area contributed by atoms with Crippen LogP contribution in [-0.4, -0.2) is 29.3 Å². The highest BCUT2D eigenvalue weighted by molar-refractivity contribution is 6.10. The largest absolute Gasteiger partial charge is 0.294 e. The maximum atomic E-state index is 8.57. The van der Waals surface area contributed by atoms with Crippen LogP contribution < -0.4 is 0 Å². The van der Waals surface area contributed by atoms with Crippen LogP contribution in [0.3, 0.4) is 0 Å². The monoisotopic (exact) mass is 621 g/mol. The highest BCUT2D eigenvalue weighted by Crippen LogP contribution is 2.35. The van der Waals surface area contributed by atoms with Gasteiger partial charge in [0.25, 0.3) is 0 Å². The van der Waals surface area contributed by atoms with Crippen molar-refractivity contribution in [3.63, 3.8) is 0 Å². The van der Waals surface area contributed by atoms with Gasteiger partial charge >= 0.3 is 0 Å². The number of aromatic nitrogens is 6. The molecule has 6 heteroatoms. The molecule has 0 aliphatic carbocycles. The zero-order valence-electron chi connectivity index (χ0n) is 30.5. The van der Waals surface area contributed by atoms with Crippen LogP contribution in [0.2, 0.25) is 0 Å². The van der Waals surface area contributed by atoms with E-state index in [0.717, 1.165) is 38.8 Å². The number of nitrogens with zero attached hydrogens (tertiary/aromatic N) is 6. The number of rotatable bonds is 6. The van der Waals surface area contributed by atoms with Crippen molar-refractivity contribution in [3.8, 4) is 56.9 Å². The van der Waals surface area contributed by atoms with Gasteiger partial charge in [0, 0.05) is 22.0 Å². The predicted octanol–water partition coefficient (Wildman–Crippen LogP) is 9.82. The van der Waals surface area contributed by atoms with E-state index in [0.29, 0.717) is 34.4 Å². The van der Waals surface area contributed by atoms with Crippen LogP contribution in [0.15, 0.2) is 170 Å². The van der Waals surface area contributed by atoms with Crippen LogP contribution >= 0.6 is 0 Å². The maximum Gasteiger partial charge on any atom is 0.187 e. The molecule has 0 bridgehead atoms. The first-order valence-electron chi connectivity index (χ1n) is 18.0. The summed E-state index contributed by atoms with van der Waals surface area (Å²) in [7, 11) is 0. The Hall–Kier alpha value is -6.66. The van der Waals surface area contributed by atoms with Gasteiger partial charge in [0.05, 0.1) is 23.6 Å². The number of fused-ring (bicyclic) bond motifs is 3. The third-order valence-electron chi connectivity index (χ3n) is 8.38. The van der Waals surface area contributed by atoms with Gasteiger partial charge in [-0.3, -0.25) is 9.13 Å². The molecule has 4 heterocycles. The van der Waals surface area contributed by atoms with Gasteiger partial charge in [0.2, 0.25) is 0 Å². The van der Waals surface area contributed by atoms with E-state index in [-0.39, 0.29) is 29.7 Å². The average molecular weight is 622 g/mol. The zero-order valence-corrected chi connectivity index (χ0v) is 25.5. The van der Waals surface area contributed by atoms with Gasteiger partial charge in [-0.05, 0) is 65.7 Å². The second kappa shape index (κ2) is 11.6. The summed E-state index contributed by atoms with van der Waals surface area (Å²) in [6.07, 6.45) is 0. The molecular formula is C42H28N6. The maximum absolute atomic E-state index is 8.57. The van der Waals surface area contributed by atoms with Crippen molar-refractivity contribution in [2.45, 2.75) is 0 Å². The Morgan fingerprint density at radius 3 is 1.88 bits per heavy atom. The smallest absolute Gasteiger partial charge is 0.187 e. The average Bonchev–Trinajstić information content (AvgIpc) is 3.80. The SMILES string of the molecule is [2H]c1c([2H])c([2H])c(-c2ccc3c(c2)c2ccccc2n3-c2cccc(-c3nnc(-c4cccc(-c5ccccc5)n4)n3-c3ccccc3)n2)c([2H])c1[2H]. The van der Waals surface area contributed by atoms with Crippen LogP contribution in [0.1, 0.15) is 6.85 Å². The summed E-state index contributed by atoms with van der Waals surface area (Å²) in [6.45, 7) is 0. The molecule has 4 aromatic heterocycles. The van der Waals surface area contributed by atoms with Crippen molar-refractivity contribution in [3.05, 3.63) is 170 Å². The van der Waals surface area contributed by atoms with Gasteiger partial charge in [-0.15, -0.1) is 10.2 Å². The fourth-order valence-corrected chi connectivity index (χ4v) is 6.21. The Balaban J connectivity index is 1.21. The molecule has 6 nitrogen and oxygen atoms in total. The fourth-order valence-electron chi connectivity index (χ4n) is 6.21. The molecule has 0 amide bonds. The molecule has 0 unspecified atom stereocenters. The van der Waals surface area contributed by atoms with Gasteiger partial charge in [-0.1, -0.05) is 115 Å². The summed E-state index contributed by atoms with van der Waals surface area (Å²) in [4.78, 5) is 10.2. The van der Waals surface area contributed by atoms with E-state index in [4.69, 9.17) is 21.9 Å². The number of para-hydroxylation sites is 2. The first-order valence-corrected chi connectivity index (χ1v) is 15.5. The van der Waals surface area contributed by atoms with E-state index in [1.54, 1.807) is 6.07 Å². The highest BCUT2D eigenvalue weighted by Gasteiger charge is 2.21. The normalized spacial score (nSPS) is 12.8. The second-order valence-electron chi connectivity index (χ2n) is 11.3. The third-order valence-corrected chi connectivity index (χ3v) is 8.38. The molecule has 0 aliphatic heterocycles. The lowest BCUT2D eigenvalue weighted by Crippen LogP contribution is -2.04. The van der Waals surface area contributed by atoms with Gasteiger partial charge in [-0.25, -0.2) is 9.97 Å². The molecule has 0 spiro atoms. The molecule has 5 aromatic carbocycles. The van der Waals surface area contributed by atoms with E-state index in [2.05, 4.69) is 9.67 Å². The molecule has 0 saturated carbocycles. The minimum Gasteiger partial charge on any atom is -0.294 e. The van der Waals surface area contributed by atoms with Crippen LogP contribution in [0, 0.1) is 0 Å². The second-order valence-corrected chi connectivity index (χ2v) is 11.3. The predicted molar refractivity (Wildman–Crippen MR) is 193 cm³/mol. The Labute approximate surface area is 284 Å². The summed E-state index contributed by atoms with van der Waals surface area (Å²) in [5.74, 6) is 1.77. The van der Waals surface area contributed by atoms with Crippen molar-refractivity contribution in [1.82, 2.24) is 29.3 Å². The van der Waals surface area contributed by atoms with Crippen LogP contribution in [-0.2, 0) is 0 Å². The zero-order chi connectivity index (χ0) is 36.2. The number of hydrogen-bond acceptors (Lipinski definition) is 4. The lowest BCUT2D eigenvalue weighted by molar-refractivity contribution is 1.03. The topological polar surface area (TPSA) is 61.4 Å². The molecule has 9 rings (SSSR count). The van der Waals surface area contributed by atoms with Crippen LogP contribution in [0.5, 0.6) is 0 Å². The summed E-state index contributed by atoms with van der Waals surface area (Å²) in [5.41, 5.74) is 6.40. The number of pyridine rings is 2. The van der Waals surface area contributed by atoms with Crippen molar-refractivity contribution < 1.29 is 6.85 Å². The van der Waals surface area contributed by atoms with E-state index < -0.39 is 6.04 Å². The standard InChI is InChI=1S/C42H28N6/c1-4-14-29(15-5-1)31-26-27-39-34(28-31)33-20-10-11-24-38(33)48(39)40-25-13-23-37(44-40)42-46-45-41(47(42)32-18-8-3-9-19-32)36-22-12-21-35(43-36)30-16-6-2-7-17-30/h1-28H/i1D,4D,5D,14D,15D. The van der Waals surface area contributed by atoms with Crippen molar-refractivity contribution >= 4 is 21.8 Å². The van der Waals surface area contributed by atoms with E-state index in [9.17, 15) is 0 Å². The molecule has 48 heavy (non-hydrogen) atoms. The minimum absolute atomic E-state index is 0.162.